The lowest BCUT2D eigenvalue weighted by Gasteiger charge is -2.33. The average molecular weight is 257 g/mol. The maximum absolute atomic E-state index is 10.5. The third-order valence-electron chi connectivity index (χ3n) is 3.76. The van der Waals surface area contributed by atoms with Gasteiger partial charge in [0, 0.05) is 13.5 Å². The summed E-state index contributed by atoms with van der Waals surface area (Å²) in [6, 6.07) is 0. The third kappa shape index (κ3) is 2.83. The van der Waals surface area contributed by atoms with Crippen molar-refractivity contribution in [1.29, 1.82) is 0 Å². The summed E-state index contributed by atoms with van der Waals surface area (Å²) in [5.41, 5.74) is 1.10. The highest BCUT2D eigenvalue weighted by molar-refractivity contribution is 6.31. The second-order valence-corrected chi connectivity index (χ2v) is 6.02. The minimum atomic E-state index is -0.672. The number of rotatable bonds is 4. The van der Waals surface area contributed by atoms with Gasteiger partial charge in [-0.2, -0.15) is 5.10 Å². The fourth-order valence-electron chi connectivity index (χ4n) is 2.62. The fourth-order valence-corrected chi connectivity index (χ4v) is 2.85. The molecule has 1 fully saturated rings. The van der Waals surface area contributed by atoms with Gasteiger partial charge < -0.3 is 5.11 Å². The van der Waals surface area contributed by atoms with Crippen LogP contribution in [0.3, 0.4) is 0 Å². The van der Waals surface area contributed by atoms with E-state index in [1.807, 2.05) is 20.9 Å². The molecule has 1 aromatic heterocycles. The molecule has 0 bridgehead atoms. The van der Waals surface area contributed by atoms with Gasteiger partial charge in [0.05, 0.1) is 22.0 Å². The van der Waals surface area contributed by atoms with Gasteiger partial charge in [0.15, 0.2) is 0 Å². The summed E-state index contributed by atoms with van der Waals surface area (Å²) in [7, 11) is 1.88. The van der Waals surface area contributed by atoms with Crippen molar-refractivity contribution in [3.05, 3.63) is 16.4 Å². The Kier molecular flexibility index (Phi) is 3.50. The van der Waals surface area contributed by atoms with Gasteiger partial charge in [-0.1, -0.05) is 30.9 Å². The number of hydrogen-bond donors (Lipinski definition) is 1. The van der Waals surface area contributed by atoms with Crippen molar-refractivity contribution >= 4 is 11.6 Å². The highest BCUT2D eigenvalue weighted by Gasteiger charge is 2.31. The summed E-state index contributed by atoms with van der Waals surface area (Å²) in [4.78, 5) is 0. The van der Waals surface area contributed by atoms with Gasteiger partial charge in [-0.25, -0.2) is 0 Å². The van der Waals surface area contributed by atoms with Crippen LogP contribution in [0.4, 0.5) is 0 Å². The van der Waals surface area contributed by atoms with Gasteiger partial charge in [0.2, 0.25) is 0 Å². The van der Waals surface area contributed by atoms with Crippen molar-refractivity contribution in [1.82, 2.24) is 9.78 Å². The minimum absolute atomic E-state index is 0.583. The monoisotopic (exact) mass is 256 g/mol. The fraction of sp³-hybridized carbons (Fsp3) is 0.769. The van der Waals surface area contributed by atoms with E-state index in [1.165, 1.54) is 19.3 Å². The molecule has 0 amide bonds. The van der Waals surface area contributed by atoms with Gasteiger partial charge in [0.1, 0.15) is 0 Å². The molecular formula is C13H21ClN2O. The van der Waals surface area contributed by atoms with E-state index in [0.29, 0.717) is 17.4 Å². The Labute approximate surface area is 108 Å². The molecule has 0 saturated heterocycles. The first-order valence-corrected chi connectivity index (χ1v) is 6.67. The van der Waals surface area contributed by atoms with Crippen LogP contribution >= 0.6 is 11.6 Å². The van der Waals surface area contributed by atoms with E-state index < -0.39 is 5.60 Å². The molecule has 0 spiro atoms. The Morgan fingerprint density at radius 1 is 1.53 bits per heavy atom. The van der Waals surface area contributed by atoms with Gasteiger partial charge in [0.25, 0.3) is 0 Å². The van der Waals surface area contributed by atoms with E-state index in [4.69, 9.17) is 11.6 Å². The van der Waals surface area contributed by atoms with Crippen molar-refractivity contribution in [2.24, 2.45) is 13.0 Å². The zero-order valence-electron chi connectivity index (χ0n) is 10.8. The van der Waals surface area contributed by atoms with Crippen LogP contribution in [0, 0.1) is 12.8 Å². The maximum atomic E-state index is 10.5. The lowest BCUT2D eigenvalue weighted by atomic mass is 9.76. The number of aryl methyl sites for hydroxylation is 2. The number of aliphatic hydroxyl groups is 1. The molecule has 1 unspecified atom stereocenters. The molecule has 1 aliphatic rings. The van der Waals surface area contributed by atoms with E-state index in [2.05, 4.69) is 5.10 Å². The summed E-state index contributed by atoms with van der Waals surface area (Å²) < 4.78 is 1.78. The van der Waals surface area contributed by atoms with Crippen LogP contribution < -0.4 is 0 Å². The standard InChI is InChI=1S/C13H21ClN2O/c1-9-12(14)11(16(3)15-9)8-13(2,17)7-10-5-4-6-10/h10,17H,4-8H2,1-3H3. The lowest BCUT2D eigenvalue weighted by molar-refractivity contribution is 0.0189. The molecule has 0 aromatic carbocycles. The summed E-state index contributed by atoms with van der Waals surface area (Å²) in [6.45, 7) is 3.80. The summed E-state index contributed by atoms with van der Waals surface area (Å²) >= 11 is 6.21. The van der Waals surface area contributed by atoms with Crippen molar-refractivity contribution < 1.29 is 5.11 Å². The van der Waals surface area contributed by atoms with Crippen LogP contribution in [-0.2, 0) is 13.5 Å². The predicted octanol–water partition coefficient (Wildman–Crippen LogP) is 2.87. The molecule has 0 radical (unpaired) electrons. The molecule has 1 aliphatic carbocycles. The van der Waals surface area contributed by atoms with Gasteiger partial charge >= 0.3 is 0 Å². The molecule has 3 nitrogen and oxygen atoms in total. The molecule has 1 N–H and O–H groups in total. The smallest absolute Gasteiger partial charge is 0.0848 e. The molecule has 1 heterocycles. The third-order valence-corrected chi connectivity index (χ3v) is 4.25. The van der Waals surface area contributed by atoms with Gasteiger partial charge in [-0.3, -0.25) is 4.68 Å². The van der Waals surface area contributed by atoms with Crippen molar-refractivity contribution in [3.8, 4) is 0 Å². The number of halogens is 1. The maximum Gasteiger partial charge on any atom is 0.0848 e. The molecule has 1 atom stereocenters. The van der Waals surface area contributed by atoms with E-state index >= 15 is 0 Å². The Hall–Kier alpha value is -0.540. The first kappa shape index (κ1) is 12.9. The van der Waals surface area contributed by atoms with Crippen molar-refractivity contribution in [2.75, 3.05) is 0 Å². The summed E-state index contributed by atoms with van der Waals surface area (Å²) in [6.07, 6.45) is 5.28. The van der Waals surface area contributed by atoms with Crippen LogP contribution in [0.25, 0.3) is 0 Å². The van der Waals surface area contributed by atoms with Crippen LogP contribution in [0.1, 0.15) is 44.0 Å². The topological polar surface area (TPSA) is 38.0 Å². The molecule has 96 valence electrons. The summed E-state index contributed by atoms with van der Waals surface area (Å²) in [5, 5.41) is 15.4. The number of aromatic nitrogens is 2. The normalized spacial score (nSPS) is 20.1. The molecule has 0 aliphatic heterocycles. The van der Waals surface area contributed by atoms with Crippen molar-refractivity contribution in [3.63, 3.8) is 0 Å². The largest absolute Gasteiger partial charge is 0.390 e. The van der Waals surface area contributed by atoms with E-state index in [-0.39, 0.29) is 0 Å². The zero-order valence-corrected chi connectivity index (χ0v) is 11.6. The van der Waals surface area contributed by atoms with Crippen LogP contribution in [0.2, 0.25) is 5.02 Å². The molecule has 4 heteroatoms. The number of nitrogens with zero attached hydrogens (tertiary/aromatic N) is 2. The van der Waals surface area contributed by atoms with Crippen LogP contribution in [-0.4, -0.2) is 20.5 Å². The molecular weight excluding hydrogens is 236 g/mol. The van der Waals surface area contributed by atoms with E-state index in [9.17, 15) is 5.11 Å². The zero-order chi connectivity index (χ0) is 12.6. The Bertz CT molecular complexity index is 408. The predicted molar refractivity (Wildman–Crippen MR) is 69.2 cm³/mol. The van der Waals surface area contributed by atoms with Crippen molar-refractivity contribution in [2.45, 2.75) is 51.6 Å². The lowest BCUT2D eigenvalue weighted by Crippen LogP contribution is -2.33. The molecule has 2 rings (SSSR count). The van der Waals surface area contributed by atoms with Crippen LogP contribution in [0.15, 0.2) is 0 Å². The first-order valence-electron chi connectivity index (χ1n) is 6.29. The minimum Gasteiger partial charge on any atom is -0.390 e. The Morgan fingerprint density at radius 2 is 2.18 bits per heavy atom. The Morgan fingerprint density at radius 3 is 2.59 bits per heavy atom. The van der Waals surface area contributed by atoms with Crippen LogP contribution in [0.5, 0.6) is 0 Å². The first-order chi connectivity index (χ1) is 7.89. The van der Waals surface area contributed by atoms with E-state index in [1.54, 1.807) is 4.68 Å². The van der Waals surface area contributed by atoms with E-state index in [0.717, 1.165) is 17.8 Å². The second kappa shape index (κ2) is 4.62. The Balaban J connectivity index is 2.07. The molecule has 1 aromatic rings. The highest BCUT2D eigenvalue weighted by Crippen LogP contribution is 2.35. The quantitative estimate of drug-likeness (QED) is 0.900. The highest BCUT2D eigenvalue weighted by atomic mass is 35.5. The van der Waals surface area contributed by atoms with Gasteiger partial charge in [-0.05, 0) is 26.2 Å². The second-order valence-electron chi connectivity index (χ2n) is 5.64. The summed E-state index contributed by atoms with van der Waals surface area (Å²) in [5.74, 6) is 0.693. The van der Waals surface area contributed by atoms with Gasteiger partial charge in [-0.15, -0.1) is 0 Å². The number of hydrogen-bond acceptors (Lipinski definition) is 2. The SMILES string of the molecule is Cc1nn(C)c(CC(C)(O)CC2CCC2)c1Cl. The molecule has 17 heavy (non-hydrogen) atoms. The average Bonchev–Trinajstić information content (AvgIpc) is 2.39. The molecule has 1 saturated carbocycles.